The standard InChI is InChI=1S/C13H23N3O2S/c1-9(2)10(3)16(5)13-7-6-11(8-12(13)14)19(17,18)15-4/h6-10,15H,14H2,1-5H3. The Kier molecular flexibility index (Phi) is 4.81. The molecule has 3 N–H and O–H groups in total. The molecule has 1 rings (SSSR count). The molecular formula is C13H23N3O2S. The van der Waals surface area contributed by atoms with Crippen LogP contribution in [0.15, 0.2) is 23.1 Å². The number of nitrogens with two attached hydrogens (primary N) is 1. The number of sulfonamides is 1. The van der Waals surface area contributed by atoms with Gasteiger partial charge in [0.1, 0.15) is 0 Å². The zero-order valence-corrected chi connectivity index (χ0v) is 13.0. The van der Waals surface area contributed by atoms with E-state index in [1.165, 1.54) is 13.1 Å². The molecule has 6 heteroatoms. The molecule has 1 aromatic rings. The van der Waals surface area contributed by atoms with Crippen molar-refractivity contribution in [3.8, 4) is 0 Å². The van der Waals surface area contributed by atoms with E-state index in [2.05, 4.69) is 30.4 Å². The van der Waals surface area contributed by atoms with Crippen LogP contribution in [-0.4, -0.2) is 28.6 Å². The minimum Gasteiger partial charge on any atom is -0.397 e. The monoisotopic (exact) mass is 285 g/mol. The first kappa shape index (κ1) is 15.8. The highest BCUT2D eigenvalue weighted by Crippen LogP contribution is 2.28. The molecule has 0 aliphatic heterocycles. The van der Waals surface area contributed by atoms with Crippen molar-refractivity contribution >= 4 is 21.4 Å². The van der Waals surface area contributed by atoms with Gasteiger partial charge in [0.25, 0.3) is 0 Å². The number of nitrogen functional groups attached to an aromatic ring is 1. The second-order valence-corrected chi connectivity index (χ2v) is 6.91. The van der Waals surface area contributed by atoms with Crippen molar-refractivity contribution in [2.24, 2.45) is 5.92 Å². The molecule has 0 aromatic heterocycles. The topological polar surface area (TPSA) is 75.4 Å². The van der Waals surface area contributed by atoms with Crippen molar-refractivity contribution < 1.29 is 8.42 Å². The van der Waals surface area contributed by atoms with Crippen LogP contribution in [0.4, 0.5) is 11.4 Å². The molecule has 0 bridgehead atoms. The van der Waals surface area contributed by atoms with E-state index in [1.807, 2.05) is 7.05 Å². The number of nitrogens with one attached hydrogen (secondary N) is 1. The summed E-state index contributed by atoms with van der Waals surface area (Å²) in [5, 5.41) is 0. The Bertz CT molecular complexity index is 541. The second kappa shape index (κ2) is 5.79. The van der Waals surface area contributed by atoms with Crippen LogP contribution >= 0.6 is 0 Å². The highest BCUT2D eigenvalue weighted by molar-refractivity contribution is 7.89. The third-order valence-electron chi connectivity index (χ3n) is 3.53. The lowest BCUT2D eigenvalue weighted by Gasteiger charge is -2.31. The molecule has 108 valence electrons. The van der Waals surface area contributed by atoms with Crippen LogP contribution in [0.2, 0.25) is 0 Å². The maximum atomic E-state index is 11.7. The lowest BCUT2D eigenvalue weighted by atomic mass is 10.0. The third-order valence-corrected chi connectivity index (χ3v) is 4.95. The van der Waals surface area contributed by atoms with Crippen molar-refractivity contribution in [3.05, 3.63) is 18.2 Å². The molecule has 0 radical (unpaired) electrons. The molecule has 1 atom stereocenters. The number of rotatable bonds is 5. The normalized spacial score (nSPS) is 13.6. The molecular weight excluding hydrogens is 262 g/mol. The van der Waals surface area contributed by atoms with Crippen molar-refractivity contribution in [1.29, 1.82) is 0 Å². The predicted molar refractivity (Wildman–Crippen MR) is 79.8 cm³/mol. The molecule has 0 amide bonds. The fourth-order valence-electron chi connectivity index (χ4n) is 1.81. The SMILES string of the molecule is CNS(=O)(=O)c1ccc(N(C)C(C)C(C)C)c(N)c1. The average Bonchev–Trinajstić information content (AvgIpc) is 2.36. The Morgan fingerprint density at radius 1 is 1.26 bits per heavy atom. The Morgan fingerprint density at radius 3 is 2.26 bits per heavy atom. The minimum absolute atomic E-state index is 0.182. The highest BCUT2D eigenvalue weighted by atomic mass is 32.2. The molecule has 0 saturated heterocycles. The van der Waals surface area contributed by atoms with Gasteiger partial charge in [-0.05, 0) is 38.1 Å². The first-order valence-corrected chi connectivity index (χ1v) is 7.75. The largest absolute Gasteiger partial charge is 0.397 e. The molecule has 19 heavy (non-hydrogen) atoms. The summed E-state index contributed by atoms with van der Waals surface area (Å²) >= 11 is 0. The van der Waals surface area contributed by atoms with Gasteiger partial charge in [-0.3, -0.25) is 0 Å². The van der Waals surface area contributed by atoms with Crippen molar-refractivity contribution in [1.82, 2.24) is 4.72 Å². The third kappa shape index (κ3) is 3.39. The van der Waals surface area contributed by atoms with Gasteiger partial charge in [0.05, 0.1) is 16.3 Å². The maximum Gasteiger partial charge on any atom is 0.240 e. The lowest BCUT2D eigenvalue weighted by Crippen LogP contribution is -2.33. The molecule has 1 unspecified atom stereocenters. The quantitative estimate of drug-likeness (QED) is 0.807. The van der Waals surface area contributed by atoms with Crippen LogP contribution in [0.25, 0.3) is 0 Å². The lowest BCUT2D eigenvalue weighted by molar-refractivity contribution is 0.506. The van der Waals surface area contributed by atoms with Gasteiger partial charge in [-0.25, -0.2) is 13.1 Å². The summed E-state index contributed by atoms with van der Waals surface area (Å²) in [7, 11) is -0.106. The first-order valence-electron chi connectivity index (χ1n) is 6.26. The average molecular weight is 285 g/mol. The van der Waals surface area contributed by atoms with Crippen LogP contribution in [-0.2, 0) is 10.0 Å². The Balaban J connectivity index is 3.15. The van der Waals surface area contributed by atoms with Crippen LogP contribution in [0, 0.1) is 5.92 Å². The number of benzene rings is 1. The summed E-state index contributed by atoms with van der Waals surface area (Å²) in [6.07, 6.45) is 0. The number of hydrogen-bond donors (Lipinski definition) is 2. The molecule has 0 heterocycles. The van der Waals surface area contributed by atoms with Gasteiger partial charge in [-0.1, -0.05) is 13.8 Å². The van der Waals surface area contributed by atoms with E-state index in [1.54, 1.807) is 12.1 Å². The van der Waals surface area contributed by atoms with E-state index in [0.717, 1.165) is 5.69 Å². The van der Waals surface area contributed by atoms with Crippen molar-refractivity contribution in [2.75, 3.05) is 24.7 Å². The van der Waals surface area contributed by atoms with Crippen molar-refractivity contribution in [2.45, 2.75) is 31.7 Å². The first-order chi connectivity index (χ1) is 8.70. The summed E-state index contributed by atoms with van der Waals surface area (Å²) in [6, 6.07) is 5.12. The highest BCUT2D eigenvalue weighted by Gasteiger charge is 2.18. The molecule has 0 saturated carbocycles. The number of anilines is 2. The Labute approximate surface area is 115 Å². The zero-order valence-electron chi connectivity index (χ0n) is 12.1. The van der Waals surface area contributed by atoms with Gasteiger partial charge in [-0.2, -0.15) is 0 Å². The fourth-order valence-corrected chi connectivity index (χ4v) is 2.57. The molecule has 0 spiro atoms. The van der Waals surface area contributed by atoms with Gasteiger partial charge in [-0.15, -0.1) is 0 Å². The smallest absolute Gasteiger partial charge is 0.240 e. The van der Waals surface area contributed by atoms with E-state index >= 15 is 0 Å². The van der Waals surface area contributed by atoms with E-state index in [0.29, 0.717) is 17.6 Å². The van der Waals surface area contributed by atoms with Gasteiger partial charge in [0, 0.05) is 13.1 Å². The van der Waals surface area contributed by atoms with Gasteiger partial charge in [0.2, 0.25) is 10.0 Å². The Hall–Kier alpha value is -1.27. The van der Waals surface area contributed by atoms with E-state index in [-0.39, 0.29) is 4.90 Å². The molecule has 0 aliphatic rings. The summed E-state index contributed by atoms with van der Waals surface area (Å²) in [6.45, 7) is 6.39. The van der Waals surface area contributed by atoms with Crippen LogP contribution in [0.5, 0.6) is 0 Å². The zero-order chi connectivity index (χ0) is 14.8. The number of hydrogen-bond acceptors (Lipinski definition) is 4. The molecule has 0 aliphatic carbocycles. The van der Waals surface area contributed by atoms with E-state index in [9.17, 15) is 8.42 Å². The van der Waals surface area contributed by atoms with Crippen LogP contribution in [0.3, 0.4) is 0 Å². The summed E-state index contributed by atoms with van der Waals surface area (Å²) in [5.74, 6) is 0.477. The molecule has 0 fully saturated rings. The molecule has 5 nitrogen and oxygen atoms in total. The summed E-state index contributed by atoms with van der Waals surface area (Å²) in [5.41, 5.74) is 7.29. The fraction of sp³-hybridized carbons (Fsp3) is 0.538. The predicted octanol–water partition coefficient (Wildman–Crippen LogP) is 1.66. The van der Waals surface area contributed by atoms with E-state index < -0.39 is 10.0 Å². The van der Waals surface area contributed by atoms with Gasteiger partial charge in [0.15, 0.2) is 0 Å². The second-order valence-electron chi connectivity index (χ2n) is 5.02. The van der Waals surface area contributed by atoms with Gasteiger partial charge < -0.3 is 10.6 Å². The molecule has 1 aromatic carbocycles. The minimum atomic E-state index is -3.45. The van der Waals surface area contributed by atoms with Crippen LogP contribution < -0.4 is 15.4 Å². The van der Waals surface area contributed by atoms with Crippen LogP contribution in [0.1, 0.15) is 20.8 Å². The van der Waals surface area contributed by atoms with Gasteiger partial charge >= 0.3 is 0 Å². The summed E-state index contributed by atoms with van der Waals surface area (Å²) in [4.78, 5) is 2.25. The number of nitrogens with zero attached hydrogens (tertiary/aromatic N) is 1. The summed E-state index contributed by atoms with van der Waals surface area (Å²) < 4.78 is 25.7. The van der Waals surface area contributed by atoms with E-state index in [4.69, 9.17) is 5.73 Å². The Morgan fingerprint density at radius 2 is 1.84 bits per heavy atom. The van der Waals surface area contributed by atoms with Crippen molar-refractivity contribution in [3.63, 3.8) is 0 Å². The maximum absolute atomic E-state index is 11.7.